The van der Waals surface area contributed by atoms with Gasteiger partial charge in [0.1, 0.15) is 5.82 Å². The predicted molar refractivity (Wildman–Crippen MR) is 97.7 cm³/mol. The molecular weight excluding hydrogens is 358 g/mol. The number of carbonyl (C=O) groups is 1. The summed E-state index contributed by atoms with van der Waals surface area (Å²) >= 11 is 1.35. The van der Waals surface area contributed by atoms with Gasteiger partial charge in [0.25, 0.3) is 0 Å². The monoisotopic (exact) mass is 379 g/mol. The molecule has 1 saturated heterocycles. The van der Waals surface area contributed by atoms with Gasteiger partial charge in [0.15, 0.2) is 20.8 Å². The lowest BCUT2D eigenvalue weighted by Gasteiger charge is -2.07. The molecule has 1 aromatic carbocycles. The average molecular weight is 380 g/mol. The van der Waals surface area contributed by atoms with Gasteiger partial charge in [-0.2, -0.15) is 0 Å². The average Bonchev–Trinajstić information content (AvgIpc) is 3.09. The number of hydrogen-bond acceptors (Lipinski definition) is 6. The maximum Gasteiger partial charge on any atom is 0.191 e. The van der Waals surface area contributed by atoms with Gasteiger partial charge in [0.05, 0.1) is 17.3 Å². The Kier molecular flexibility index (Phi) is 5.29. The van der Waals surface area contributed by atoms with Crippen LogP contribution in [-0.2, 0) is 23.3 Å². The van der Waals surface area contributed by atoms with Gasteiger partial charge in [-0.25, -0.2) is 8.42 Å². The molecule has 25 heavy (non-hydrogen) atoms. The highest BCUT2D eigenvalue weighted by Gasteiger charge is 2.29. The minimum atomic E-state index is -2.88. The van der Waals surface area contributed by atoms with Crippen molar-refractivity contribution >= 4 is 27.4 Å². The van der Waals surface area contributed by atoms with E-state index in [1.807, 2.05) is 42.8 Å². The van der Waals surface area contributed by atoms with Crippen molar-refractivity contribution in [1.82, 2.24) is 14.8 Å². The predicted octanol–water partition coefficient (Wildman–Crippen LogP) is 2.08. The molecule has 1 aliphatic heterocycles. The van der Waals surface area contributed by atoms with Crippen molar-refractivity contribution in [2.45, 2.75) is 24.9 Å². The van der Waals surface area contributed by atoms with Crippen molar-refractivity contribution in [2.24, 2.45) is 13.0 Å². The smallest absolute Gasteiger partial charge is 0.191 e. The molecule has 8 heteroatoms. The van der Waals surface area contributed by atoms with Crippen LogP contribution < -0.4 is 0 Å². The number of thioether (sulfide) groups is 1. The molecule has 0 radical (unpaired) electrons. The molecule has 2 aromatic rings. The summed E-state index contributed by atoms with van der Waals surface area (Å²) in [5.74, 6) is 1.73. The number of aromatic nitrogens is 3. The minimum absolute atomic E-state index is 0.0523. The fourth-order valence-electron chi connectivity index (χ4n) is 2.89. The highest BCUT2D eigenvalue weighted by atomic mass is 32.2. The molecule has 6 nitrogen and oxygen atoms in total. The van der Waals surface area contributed by atoms with Gasteiger partial charge in [-0.15, -0.1) is 10.2 Å². The second kappa shape index (κ2) is 7.29. The van der Waals surface area contributed by atoms with Crippen molar-refractivity contribution < 1.29 is 13.2 Å². The number of sulfone groups is 1. The third kappa shape index (κ3) is 4.49. The number of benzene rings is 1. The summed E-state index contributed by atoms with van der Waals surface area (Å²) < 4.78 is 25.0. The zero-order chi connectivity index (χ0) is 18.0. The summed E-state index contributed by atoms with van der Waals surface area (Å²) in [6.45, 7) is 1.99. The molecule has 1 aliphatic rings. The van der Waals surface area contributed by atoms with Crippen LogP contribution in [0.2, 0.25) is 0 Å². The van der Waals surface area contributed by atoms with Gasteiger partial charge in [-0.3, -0.25) is 4.79 Å². The zero-order valence-corrected chi connectivity index (χ0v) is 15.9. The molecule has 1 aromatic heterocycles. The first-order valence-corrected chi connectivity index (χ1v) is 11.0. The number of ketones is 1. The Balaban J connectivity index is 1.59. The summed E-state index contributed by atoms with van der Waals surface area (Å²) in [7, 11) is -1.03. The van der Waals surface area contributed by atoms with Gasteiger partial charge in [0.2, 0.25) is 0 Å². The molecule has 1 atom stereocenters. The second-order valence-electron chi connectivity index (χ2n) is 6.51. The lowest BCUT2D eigenvalue weighted by molar-refractivity contribution is 0.102. The zero-order valence-electron chi connectivity index (χ0n) is 14.3. The SMILES string of the molecule is Cc1ccc(C(=O)CSc2nnc(CC3CCS(=O)(=O)C3)n2C)cc1. The van der Waals surface area contributed by atoms with Crippen molar-refractivity contribution in [1.29, 1.82) is 0 Å². The maximum atomic E-state index is 12.3. The summed E-state index contributed by atoms with van der Waals surface area (Å²) in [6.07, 6.45) is 1.29. The fourth-order valence-corrected chi connectivity index (χ4v) is 5.58. The van der Waals surface area contributed by atoms with Crippen molar-refractivity contribution in [3.8, 4) is 0 Å². The first kappa shape index (κ1) is 18.1. The van der Waals surface area contributed by atoms with Crippen LogP contribution in [0.15, 0.2) is 29.4 Å². The molecule has 1 fully saturated rings. The van der Waals surface area contributed by atoms with Gasteiger partial charge in [-0.1, -0.05) is 41.6 Å². The quantitative estimate of drug-likeness (QED) is 0.564. The van der Waals surface area contributed by atoms with Gasteiger partial charge in [0, 0.05) is 19.0 Å². The van der Waals surface area contributed by atoms with Crippen molar-refractivity contribution in [2.75, 3.05) is 17.3 Å². The molecular formula is C17H21N3O3S2. The summed E-state index contributed by atoms with van der Waals surface area (Å²) in [5, 5.41) is 9.00. The topological polar surface area (TPSA) is 81.9 Å². The molecule has 0 amide bonds. The lowest BCUT2D eigenvalue weighted by Crippen LogP contribution is -2.11. The third-order valence-corrected chi connectivity index (χ3v) is 7.29. The first-order valence-electron chi connectivity index (χ1n) is 8.15. The van der Waals surface area contributed by atoms with Gasteiger partial charge < -0.3 is 4.57 Å². The van der Waals surface area contributed by atoms with Crippen LogP contribution in [0, 0.1) is 12.8 Å². The van der Waals surface area contributed by atoms with E-state index < -0.39 is 9.84 Å². The number of aryl methyl sites for hydroxylation is 1. The van der Waals surface area contributed by atoms with E-state index in [1.54, 1.807) is 0 Å². The van der Waals surface area contributed by atoms with Crippen LogP contribution in [0.25, 0.3) is 0 Å². The van der Waals surface area contributed by atoms with Crippen LogP contribution in [0.3, 0.4) is 0 Å². The molecule has 0 N–H and O–H groups in total. The van der Waals surface area contributed by atoms with Crippen molar-refractivity contribution in [3.63, 3.8) is 0 Å². The first-order chi connectivity index (χ1) is 11.8. The number of carbonyl (C=O) groups excluding carboxylic acids is 1. The largest absolute Gasteiger partial charge is 0.309 e. The minimum Gasteiger partial charge on any atom is -0.309 e. The molecule has 0 bridgehead atoms. The number of nitrogens with zero attached hydrogens (tertiary/aromatic N) is 3. The van der Waals surface area contributed by atoms with Gasteiger partial charge in [-0.05, 0) is 19.3 Å². The Morgan fingerprint density at radius 1 is 1.28 bits per heavy atom. The highest BCUT2D eigenvalue weighted by Crippen LogP contribution is 2.24. The van der Waals surface area contributed by atoms with E-state index in [0.717, 1.165) is 11.4 Å². The Morgan fingerprint density at radius 3 is 2.64 bits per heavy atom. The molecule has 0 spiro atoms. The number of rotatable bonds is 6. The van der Waals surface area contributed by atoms with E-state index in [1.165, 1.54) is 11.8 Å². The Morgan fingerprint density at radius 2 is 2.00 bits per heavy atom. The van der Waals surface area contributed by atoms with E-state index in [4.69, 9.17) is 0 Å². The standard InChI is InChI=1S/C17H21N3O3S2/c1-12-3-5-14(6-4-12)15(21)10-24-17-19-18-16(20(17)2)9-13-7-8-25(22,23)11-13/h3-6,13H,7-11H2,1-2H3. The van der Waals surface area contributed by atoms with Crippen LogP contribution in [0.1, 0.15) is 28.2 Å². The summed E-state index contributed by atoms with van der Waals surface area (Å²) in [6, 6.07) is 7.52. The van der Waals surface area contributed by atoms with E-state index >= 15 is 0 Å². The molecule has 134 valence electrons. The van der Waals surface area contributed by atoms with Crippen molar-refractivity contribution in [3.05, 3.63) is 41.2 Å². The van der Waals surface area contributed by atoms with Crippen LogP contribution >= 0.6 is 11.8 Å². The van der Waals surface area contributed by atoms with E-state index in [9.17, 15) is 13.2 Å². The summed E-state index contributed by atoms with van der Waals surface area (Å²) in [5.41, 5.74) is 1.81. The Labute approximate surface area is 152 Å². The summed E-state index contributed by atoms with van der Waals surface area (Å²) in [4.78, 5) is 12.3. The van der Waals surface area contributed by atoms with Crippen LogP contribution in [0.4, 0.5) is 0 Å². The highest BCUT2D eigenvalue weighted by molar-refractivity contribution is 7.99. The molecule has 2 heterocycles. The van der Waals surface area contributed by atoms with E-state index in [-0.39, 0.29) is 23.2 Å². The normalized spacial score (nSPS) is 19.2. The van der Waals surface area contributed by atoms with Crippen LogP contribution in [0.5, 0.6) is 0 Å². The number of Topliss-reactive ketones (excluding diaryl/α,β-unsaturated/α-hetero) is 1. The van der Waals surface area contributed by atoms with Crippen LogP contribution in [-0.4, -0.2) is 46.2 Å². The molecule has 3 rings (SSSR count). The molecule has 0 aliphatic carbocycles. The molecule has 1 unspecified atom stereocenters. The Hall–Kier alpha value is -1.67. The van der Waals surface area contributed by atoms with Gasteiger partial charge >= 0.3 is 0 Å². The fraction of sp³-hybridized carbons (Fsp3) is 0.471. The third-order valence-electron chi connectivity index (χ3n) is 4.43. The van der Waals surface area contributed by atoms with E-state index in [2.05, 4.69) is 10.2 Å². The Bertz CT molecular complexity index is 873. The number of hydrogen-bond donors (Lipinski definition) is 0. The maximum absolute atomic E-state index is 12.3. The molecule has 0 saturated carbocycles. The second-order valence-corrected chi connectivity index (χ2v) is 9.68. The lowest BCUT2D eigenvalue weighted by atomic mass is 10.1. The van der Waals surface area contributed by atoms with E-state index in [0.29, 0.717) is 29.3 Å².